The van der Waals surface area contributed by atoms with Crippen molar-refractivity contribution in [1.29, 1.82) is 0 Å². The minimum absolute atomic E-state index is 0. The predicted molar refractivity (Wildman–Crippen MR) is 112 cm³/mol. The molecule has 0 radical (unpaired) electrons. The SMILES string of the molecule is Cl.Cl.Nc1cccc(C(=O)NCC2(N3CCSCC3)CCCCC2)c1. The van der Waals surface area contributed by atoms with Gasteiger partial charge in [0.1, 0.15) is 0 Å². The average Bonchev–Trinajstić information content (AvgIpc) is 2.61. The maximum atomic E-state index is 12.5. The molecule has 1 amide bonds. The number of carbonyl (C=O) groups excluding carboxylic acids is 1. The number of nitrogens with one attached hydrogen (secondary N) is 1. The summed E-state index contributed by atoms with van der Waals surface area (Å²) in [7, 11) is 0. The molecule has 3 rings (SSSR count). The lowest BCUT2D eigenvalue weighted by molar-refractivity contribution is 0.0549. The van der Waals surface area contributed by atoms with Crippen LogP contribution in [0.25, 0.3) is 0 Å². The molecule has 1 aromatic carbocycles. The van der Waals surface area contributed by atoms with Gasteiger partial charge in [0, 0.05) is 47.9 Å². The number of nitrogen functional groups attached to an aromatic ring is 1. The van der Waals surface area contributed by atoms with Gasteiger partial charge in [-0.1, -0.05) is 25.3 Å². The Hall–Kier alpha value is -0.620. The average molecular weight is 406 g/mol. The van der Waals surface area contributed by atoms with E-state index in [0.717, 1.165) is 19.6 Å². The van der Waals surface area contributed by atoms with Crippen molar-refractivity contribution in [3.8, 4) is 0 Å². The van der Waals surface area contributed by atoms with Crippen molar-refractivity contribution < 1.29 is 4.79 Å². The predicted octanol–water partition coefficient (Wildman–Crippen LogP) is 3.59. The van der Waals surface area contributed by atoms with E-state index in [2.05, 4.69) is 10.2 Å². The van der Waals surface area contributed by atoms with E-state index in [0.29, 0.717) is 11.3 Å². The Bertz CT molecular complexity index is 547. The maximum absolute atomic E-state index is 12.5. The van der Waals surface area contributed by atoms with Crippen LogP contribution in [0.4, 0.5) is 5.69 Å². The Balaban J connectivity index is 0.00000156. The number of halogens is 2. The van der Waals surface area contributed by atoms with Crippen LogP contribution in [0.15, 0.2) is 24.3 Å². The highest BCUT2D eigenvalue weighted by molar-refractivity contribution is 7.99. The monoisotopic (exact) mass is 405 g/mol. The third-order valence-electron chi connectivity index (χ3n) is 5.19. The van der Waals surface area contributed by atoms with Crippen LogP contribution in [-0.4, -0.2) is 47.5 Å². The number of nitrogens with zero attached hydrogens (tertiary/aromatic N) is 1. The van der Waals surface area contributed by atoms with Gasteiger partial charge in [-0.2, -0.15) is 11.8 Å². The summed E-state index contributed by atoms with van der Waals surface area (Å²) in [5.74, 6) is 2.42. The van der Waals surface area contributed by atoms with Crippen molar-refractivity contribution >= 4 is 48.2 Å². The maximum Gasteiger partial charge on any atom is 0.251 e. The molecule has 1 saturated carbocycles. The van der Waals surface area contributed by atoms with Crippen LogP contribution in [-0.2, 0) is 0 Å². The number of rotatable bonds is 4. The number of carbonyl (C=O) groups is 1. The van der Waals surface area contributed by atoms with Crippen LogP contribution in [0.2, 0.25) is 0 Å². The summed E-state index contributed by atoms with van der Waals surface area (Å²) in [5.41, 5.74) is 7.24. The molecule has 142 valence electrons. The lowest BCUT2D eigenvalue weighted by atomic mass is 9.80. The summed E-state index contributed by atoms with van der Waals surface area (Å²) in [6.45, 7) is 3.06. The first-order chi connectivity index (χ1) is 11.2. The summed E-state index contributed by atoms with van der Waals surface area (Å²) in [6.07, 6.45) is 6.28. The van der Waals surface area contributed by atoms with Gasteiger partial charge in [0.15, 0.2) is 0 Å². The van der Waals surface area contributed by atoms with Gasteiger partial charge in [-0.25, -0.2) is 0 Å². The van der Waals surface area contributed by atoms with Crippen molar-refractivity contribution in [1.82, 2.24) is 10.2 Å². The van der Waals surface area contributed by atoms with Crippen LogP contribution in [0, 0.1) is 0 Å². The highest BCUT2D eigenvalue weighted by atomic mass is 35.5. The topological polar surface area (TPSA) is 58.4 Å². The standard InChI is InChI=1S/C18H27N3OS.2ClH/c19-16-6-4-5-15(13-16)17(22)20-14-18(7-2-1-3-8-18)21-9-11-23-12-10-21;;/h4-6,13H,1-3,7-12,14,19H2,(H,20,22);2*1H. The van der Waals surface area contributed by atoms with Gasteiger partial charge in [0.25, 0.3) is 5.91 Å². The fourth-order valence-corrected chi connectivity index (χ4v) is 4.78. The molecule has 0 bridgehead atoms. The van der Waals surface area contributed by atoms with Gasteiger partial charge in [0.05, 0.1) is 0 Å². The molecule has 0 unspecified atom stereocenters. The second kappa shape index (κ2) is 10.5. The molecule has 2 aliphatic rings. The normalized spacial score (nSPS) is 20.0. The number of benzene rings is 1. The number of hydrogen-bond acceptors (Lipinski definition) is 4. The van der Waals surface area contributed by atoms with Crippen LogP contribution in [0.5, 0.6) is 0 Å². The molecule has 2 fully saturated rings. The molecule has 1 aromatic rings. The first kappa shape index (κ1) is 22.4. The Morgan fingerprint density at radius 1 is 1.16 bits per heavy atom. The molecular formula is C18H29Cl2N3OS. The van der Waals surface area contributed by atoms with E-state index in [9.17, 15) is 4.79 Å². The van der Waals surface area contributed by atoms with Gasteiger partial charge in [-0.05, 0) is 31.0 Å². The lowest BCUT2D eigenvalue weighted by Gasteiger charge is -2.48. The first-order valence-electron chi connectivity index (χ1n) is 8.66. The molecule has 0 atom stereocenters. The highest BCUT2D eigenvalue weighted by Crippen LogP contribution is 2.34. The fraction of sp³-hybridized carbons (Fsp3) is 0.611. The molecular weight excluding hydrogens is 377 g/mol. The molecule has 1 heterocycles. The molecule has 1 aliphatic heterocycles. The summed E-state index contributed by atoms with van der Waals surface area (Å²) < 4.78 is 0. The largest absolute Gasteiger partial charge is 0.399 e. The zero-order valence-electron chi connectivity index (χ0n) is 14.5. The third-order valence-corrected chi connectivity index (χ3v) is 6.14. The number of amides is 1. The van der Waals surface area contributed by atoms with E-state index in [-0.39, 0.29) is 36.3 Å². The van der Waals surface area contributed by atoms with Gasteiger partial charge in [0.2, 0.25) is 0 Å². The molecule has 25 heavy (non-hydrogen) atoms. The Morgan fingerprint density at radius 3 is 2.48 bits per heavy atom. The highest BCUT2D eigenvalue weighted by Gasteiger charge is 2.38. The number of thioether (sulfide) groups is 1. The van der Waals surface area contributed by atoms with Crippen LogP contribution < -0.4 is 11.1 Å². The third kappa shape index (κ3) is 5.68. The molecule has 1 saturated heterocycles. The molecule has 3 N–H and O–H groups in total. The first-order valence-corrected chi connectivity index (χ1v) is 9.82. The summed E-state index contributed by atoms with van der Waals surface area (Å²) in [4.78, 5) is 15.1. The second-order valence-electron chi connectivity index (χ2n) is 6.69. The molecule has 1 aliphatic carbocycles. The van der Waals surface area contributed by atoms with Crippen LogP contribution >= 0.6 is 36.6 Å². The van der Waals surface area contributed by atoms with Gasteiger partial charge in [-0.15, -0.1) is 24.8 Å². The minimum atomic E-state index is -0.00590. The van der Waals surface area contributed by atoms with Crippen molar-refractivity contribution in [2.45, 2.75) is 37.6 Å². The summed E-state index contributed by atoms with van der Waals surface area (Å²) in [6, 6.07) is 7.23. The van der Waals surface area contributed by atoms with Gasteiger partial charge < -0.3 is 11.1 Å². The van der Waals surface area contributed by atoms with Crippen LogP contribution in [0.1, 0.15) is 42.5 Å². The van der Waals surface area contributed by atoms with Gasteiger partial charge >= 0.3 is 0 Å². The second-order valence-corrected chi connectivity index (χ2v) is 7.92. The minimum Gasteiger partial charge on any atom is -0.399 e. The van der Waals surface area contributed by atoms with E-state index < -0.39 is 0 Å². The Labute approximate surface area is 167 Å². The van der Waals surface area contributed by atoms with E-state index in [1.54, 1.807) is 6.07 Å². The zero-order valence-corrected chi connectivity index (χ0v) is 17.0. The number of hydrogen-bond donors (Lipinski definition) is 2. The summed E-state index contributed by atoms with van der Waals surface area (Å²) in [5, 5.41) is 3.19. The molecule has 0 aromatic heterocycles. The van der Waals surface area contributed by atoms with E-state index in [1.807, 2.05) is 30.0 Å². The van der Waals surface area contributed by atoms with E-state index >= 15 is 0 Å². The molecule has 4 nitrogen and oxygen atoms in total. The van der Waals surface area contributed by atoms with Crippen molar-refractivity contribution in [2.24, 2.45) is 0 Å². The van der Waals surface area contributed by atoms with Crippen molar-refractivity contribution in [3.63, 3.8) is 0 Å². The number of nitrogens with two attached hydrogens (primary N) is 1. The smallest absolute Gasteiger partial charge is 0.251 e. The van der Waals surface area contributed by atoms with Crippen molar-refractivity contribution in [3.05, 3.63) is 29.8 Å². The molecule has 0 spiro atoms. The zero-order chi connectivity index (χ0) is 16.1. The quantitative estimate of drug-likeness (QED) is 0.751. The Morgan fingerprint density at radius 2 is 1.84 bits per heavy atom. The molecule has 7 heteroatoms. The van der Waals surface area contributed by atoms with Crippen LogP contribution in [0.3, 0.4) is 0 Å². The van der Waals surface area contributed by atoms with Crippen molar-refractivity contribution in [2.75, 3.05) is 36.9 Å². The van der Waals surface area contributed by atoms with Gasteiger partial charge in [-0.3, -0.25) is 9.69 Å². The number of anilines is 1. The summed E-state index contributed by atoms with van der Waals surface area (Å²) >= 11 is 2.04. The van der Waals surface area contributed by atoms with E-state index in [1.165, 1.54) is 43.6 Å². The Kier molecular flexibility index (Phi) is 9.43. The lowest BCUT2D eigenvalue weighted by Crippen LogP contribution is -2.58. The fourth-order valence-electron chi connectivity index (χ4n) is 3.88. The van der Waals surface area contributed by atoms with E-state index in [4.69, 9.17) is 5.73 Å².